The molecule has 1 aliphatic heterocycles. The van der Waals surface area contributed by atoms with Gasteiger partial charge in [0.2, 0.25) is 0 Å². The minimum absolute atomic E-state index is 0.158. The number of carbonyl (C=O) groups excluding carboxylic acids is 1. The molecule has 1 fully saturated rings. The van der Waals surface area contributed by atoms with Gasteiger partial charge in [-0.3, -0.25) is 0 Å². The van der Waals surface area contributed by atoms with Gasteiger partial charge in [0.15, 0.2) is 0 Å². The van der Waals surface area contributed by atoms with Gasteiger partial charge in [0.05, 0.1) is 0 Å². The Balaban J connectivity index is 2.02. The van der Waals surface area contributed by atoms with Crippen molar-refractivity contribution in [3.05, 3.63) is 42.0 Å². The zero-order valence-corrected chi connectivity index (χ0v) is 5.91. The molecule has 2 heteroatoms. The normalized spacial score (nSPS) is 16.2. The van der Waals surface area contributed by atoms with E-state index in [1.165, 1.54) is 0 Å². The minimum Gasteiger partial charge on any atom is -0.438 e. The minimum atomic E-state index is -0.158. The summed E-state index contributed by atoms with van der Waals surface area (Å²) in [5, 5.41) is 0. The van der Waals surface area contributed by atoms with Crippen molar-refractivity contribution in [3.63, 3.8) is 0 Å². The summed E-state index contributed by atoms with van der Waals surface area (Å²) in [4.78, 5) is 10.4. The molecule has 0 saturated carbocycles. The van der Waals surface area contributed by atoms with Gasteiger partial charge in [-0.15, -0.1) is 0 Å². The van der Waals surface area contributed by atoms with Crippen LogP contribution in [0.3, 0.4) is 0 Å². The monoisotopic (exact) mass is 147 g/mol. The van der Waals surface area contributed by atoms with E-state index in [1.807, 2.05) is 30.3 Å². The van der Waals surface area contributed by atoms with Crippen LogP contribution in [0.25, 0.3) is 0 Å². The lowest BCUT2D eigenvalue weighted by atomic mass is 10.1. The lowest BCUT2D eigenvalue weighted by Crippen LogP contribution is -1.85. The highest BCUT2D eigenvalue weighted by Gasteiger charge is 2.40. The van der Waals surface area contributed by atoms with Gasteiger partial charge in [0.1, 0.15) is 0 Å². The van der Waals surface area contributed by atoms with Crippen LogP contribution >= 0.6 is 0 Å². The molecule has 1 aromatic rings. The van der Waals surface area contributed by atoms with Crippen molar-refractivity contribution in [1.29, 1.82) is 0 Å². The van der Waals surface area contributed by atoms with Crippen LogP contribution in [0, 0.1) is 6.10 Å². The molecule has 1 radical (unpaired) electrons. The van der Waals surface area contributed by atoms with Crippen LogP contribution in [0.1, 0.15) is 5.56 Å². The van der Waals surface area contributed by atoms with Crippen LogP contribution in [0.5, 0.6) is 0 Å². The van der Waals surface area contributed by atoms with Crippen LogP contribution in [-0.4, -0.2) is 5.97 Å². The summed E-state index contributed by atoms with van der Waals surface area (Å²) in [6.45, 7) is 0. The predicted molar refractivity (Wildman–Crippen MR) is 39.5 cm³/mol. The SMILES string of the molecule is O=C1O[C]1Cc1ccccc1. The molecule has 2 nitrogen and oxygen atoms in total. The van der Waals surface area contributed by atoms with E-state index >= 15 is 0 Å². The van der Waals surface area contributed by atoms with E-state index in [0.29, 0.717) is 12.5 Å². The molecule has 1 aromatic carbocycles. The van der Waals surface area contributed by atoms with E-state index < -0.39 is 0 Å². The topological polar surface area (TPSA) is 29.6 Å². The highest BCUT2D eigenvalue weighted by atomic mass is 16.6. The average Bonchev–Trinajstić information content (AvgIpc) is 2.69. The zero-order chi connectivity index (χ0) is 7.68. The summed E-state index contributed by atoms with van der Waals surface area (Å²) in [6, 6.07) is 9.79. The summed E-state index contributed by atoms with van der Waals surface area (Å²) in [5.74, 6) is -0.158. The fraction of sp³-hybridized carbons (Fsp3) is 0.111. The van der Waals surface area contributed by atoms with Crippen LogP contribution in [0.2, 0.25) is 0 Å². The summed E-state index contributed by atoms with van der Waals surface area (Å²) in [7, 11) is 0. The number of rotatable bonds is 2. The molecule has 55 valence electrons. The third-order valence-corrected chi connectivity index (χ3v) is 1.61. The number of epoxide rings is 1. The first kappa shape index (κ1) is 6.40. The molecule has 0 aliphatic carbocycles. The second-order valence-electron chi connectivity index (χ2n) is 2.48. The standard InChI is InChI=1S/C9H7O2/c10-9-8(11-9)6-7-4-2-1-3-5-7/h1-5H,6H2. The Hall–Kier alpha value is -1.31. The Morgan fingerprint density at radius 2 is 1.82 bits per heavy atom. The molecule has 0 amide bonds. The maximum Gasteiger partial charge on any atom is 0.357 e. The third kappa shape index (κ3) is 1.40. The van der Waals surface area contributed by atoms with Crippen molar-refractivity contribution in [2.45, 2.75) is 6.42 Å². The average molecular weight is 147 g/mol. The molecule has 0 spiro atoms. The molecule has 0 bridgehead atoms. The van der Waals surface area contributed by atoms with Crippen molar-refractivity contribution < 1.29 is 9.53 Å². The maximum absolute atomic E-state index is 10.4. The molecule has 1 saturated heterocycles. The van der Waals surface area contributed by atoms with Crippen molar-refractivity contribution in [2.24, 2.45) is 0 Å². The molecule has 11 heavy (non-hydrogen) atoms. The lowest BCUT2D eigenvalue weighted by Gasteiger charge is -1.91. The smallest absolute Gasteiger partial charge is 0.357 e. The third-order valence-electron chi connectivity index (χ3n) is 1.61. The Morgan fingerprint density at radius 3 is 2.36 bits per heavy atom. The first-order valence-corrected chi connectivity index (χ1v) is 3.48. The van der Waals surface area contributed by atoms with E-state index in [2.05, 4.69) is 4.74 Å². The largest absolute Gasteiger partial charge is 0.438 e. The summed E-state index contributed by atoms with van der Waals surface area (Å²) >= 11 is 0. The lowest BCUT2D eigenvalue weighted by molar-refractivity contribution is -0.117. The van der Waals surface area contributed by atoms with Crippen LogP contribution in [-0.2, 0) is 16.0 Å². The van der Waals surface area contributed by atoms with Gasteiger partial charge in [0.25, 0.3) is 6.10 Å². The Labute approximate surface area is 64.8 Å². The van der Waals surface area contributed by atoms with Gasteiger partial charge in [-0.1, -0.05) is 30.3 Å². The predicted octanol–water partition coefficient (Wildman–Crippen LogP) is 1.32. The summed E-state index contributed by atoms with van der Waals surface area (Å²) in [6.07, 6.45) is 1.22. The quantitative estimate of drug-likeness (QED) is 0.590. The van der Waals surface area contributed by atoms with Crippen molar-refractivity contribution in [2.75, 3.05) is 0 Å². The van der Waals surface area contributed by atoms with Gasteiger partial charge in [-0.05, 0) is 5.56 Å². The van der Waals surface area contributed by atoms with Crippen LogP contribution in [0.15, 0.2) is 30.3 Å². The van der Waals surface area contributed by atoms with Gasteiger partial charge in [-0.2, -0.15) is 0 Å². The fourth-order valence-electron chi connectivity index (χ4n) is 0.976. The Kier molecular flexibility index (Phi) is 1.39. The number of benzene rings is 1. The fourth-order valence-corrected chi connectivity index (χ4v) is 0.976. The molecule has 0 atom stereocenters. The van der Waals surface area contributed by atoms with E-state index in [1.54, 1.807) is 0 Å². The van der Waals surface area contributed by atoms with E-state index in [9.17, 15) is 4.79 Å². The molecule has 0 aromatic heterocycles. The van der Waals surface area contributed by atoms with Gasteiger partial charge >= 0.3 is 5.97 Å². The van der Waals surface area contributed by atoms with E-state index in [0.717, 1.165) is 5.56 Å². The maximum atomic E-state index is 10.4. The number of cyclic esters (lactones) is 1. The van der Waals surface area contributed by atoms with Crippen LogP contribution < -0.4 is 0 Å². The highest BCUT2D eigenvalue weighted by molar-refractivity contribution is 5.96. The molecular weight excluding hydrogens is 140 g/mol. The second-order valence-corrected chi connectivity index (χ2v) is 2.48. The Bertz CT molecular complexity index is 266. The molecule has 1 aliphatic rings. The summed E-state index contributed by atoms with van der Waals surface area (Å²) < 4.78 is 4.60. The van der Waals surface area contributed by atoms with Crippen LogP contribution in [0.4, 0.5) is 0 Å². The molecule has 1 heterocycles. The highest BCUT2D eigenvalue weighted by Crippen LogP contribution is 2.25. The molecule has 0 unspecified atom stereocenters. The molecule has 0 N–H and O–H groups in total. The van der Waals surface area contributed by atoms with E-state index in [4.69, 9.17) is 0 Å². The number of ether oxygens (including phenoxy) is 1. The van der Waals surface area contributed by atoms with Crippen molar-refractivity contribution in [3.8, 4) is 0 Å². The number of carbonyl (C=O) groups is 1. The molecule has 2 rings (SSSR count). The van der Waals surface area contributed by atoms with Crippen molar-refractivity contribution in [1.82, 2.24) is 0 Å². The van der Waals surface area contributed by atoms with Gasteiger partial charge in [-0.25, -0.2) is 4.79 Å². The second kappa shape index (κ2) is 2.38. The number of hydrogen-bond donors (Lipinski definition) is 0. The van der Waals surface area contributed by atoms with Gasteiger partial charge in [0, 0.05) is 6.42 Å². The van der Waals surface area contributed by atoms with E-state index in [-0.39, 0.29) is 5.97 Å². The Morgan fingerprint density at radius 1 is 1.18 bits per heavy atom. The summed E-state index contributed by atoms with van der Waals surface area (Å²) in [5.41, 5.74) is 1.12. The first-order chi connectivity index (χ1) is 5.36. The number of hydrogen-bond acceptors (Lipinski definition) is 2. The van der Waals surface area contributed by atoms with Gasteiger partial charge < -0.3 is 4.74 Å². The zero-order valence-electron chi connectivity index (χ0n) is 5.91. The first-order valence-electron chi connectivity index (χ1n) is 3.48. The molecular formula is C9H7O2. The van der Waals surface area contributed by atoms with Crippen molar-refractivity contribution >= 4 is 5.97 Å².